The number of nitrogens with two attached hydrogens (primary N) is 2. The highest BCUT2D eigenvalue weighted by atomic mass is 15.3. The van der Waals surface area contributed by atoms with Crippen molar-refractivity contribution in [2.75, 3.05) is 38.1 Å². The maximum Gasteiger partial charge on any atom is 0.0786 e. The Morgan fingerprint density at radius 2 is 1.83 bits per heavy atom. The standard InChI is InChI=1S/C15H26N3/c1-18(10-4-5-11-18)9-3-2-6-13-7-8-14(16)12-15(13)17/h7-8,12H,2-6,9-11,16-17H2,1H3/q+1. The summed E-state index contributed by atoms with van der Waals surface area (Å²) in [5, 5.41) is 0. The van der Waals surface area contributed by atoms with Crippen molar-refractivity contribution in [3.8, 4) is 0 Å². The Kier molecular flexibility index (Phi) is 4.12. The molecule has 3 heteroatoms. The largest absolute Gasteiger partial charge is 0.399 e. The summed E-state index contributed by atoms with van der Waals surface area (Å²) in [6.45, 7) is 4.04. The molecule has 100 valence electrons. The number of anilines is 2. The zero-order valence-corrected chi connectivity index (χ0v) is 11.5. The molecule has 2 rings (SSSR count). The summed E-state index contributed by atoms with van der Waals surface area (Å²) in [6, 6.07) is 5.88. The van der Waals surface area contributed by atoms with Crippen LogP contribution in [0.2, 0.25) is 0 Å². The molecule has 3 nitrogen and oxygen atoms in total. The molecule has 0 saturated carbocycles. The fourth-order valence-corrected chi connectivity index (χ4v) is 2.97. The highest BCUT2D eigenvalue weighted by Crippen LogP contribution is 2.20. The third-order valence-corrected chi connectivity index (χ3v) is 4.21. The lowest BCUT2D eigenvalue weighted by Crippen LogP contribution is -2.41. The van der Waals surface area contributed by atoms with Gasteiger partial charge in [-0.05, 0) is 37.0 Å². The minimum absolute atomic E-state index is 0.756. The molecule has 1 aromatic carbocycles. The van der Waals surface area contributed by atoms with E-state index in [0.29, 0.717) is 0 Å². The van der Waals surface area contributed by atoms with Crippen LogP contribution in [0.1, 0.15) is 31.2 Å². The van der Waals surface area contributed by atoms with Crippen LogP contribution >= 0.6 is 0 Å². The van der Waals surface area contributed by atoms with Crippen molar-refractivity contribution in [2.24, 2.45) is 0 Å². The SMILES string of the molecule is C[N+]1(CCCCc2ccc(N)cc2N)CCCC1. The fourth-order valence-electron chi connectivity index (χ4n) is 2.97. The first-order valence-electron chi connectivity index (χ1n) is 7.06. The van der Waals surface area contributed by atoms with Crippen molar-refractivity contribution >= 4 is 11.4 Å². The number of hydrogen-bond acceptors (Lipinski definition) is 2. The first-order valence-corrected chi connectivity index (χ1v) is 7.06. The van der Waals surface area contributed by atoms with Gasteiger partial charge in [0.15, 0.2) is 0 Å². The predicted molar refractivity (Wildman–Crippen MR) is 78.2 cm³/mol. The van der Waals surface area contributed by atoms with Crippen molar-refractivity contribution in [1.82, 2.24) is 0 Å². The summed E-state index contributed by atoms with van der Waals surface area (Å²) in [4.78, 5) is 0. The molecule has 1 heterocycles. The number of likely N-dealkylation sites (tertiary alicyclic amines) is 1. The van der Waals surface area contributed by atoms with E-state index in [4.69, 9.17) is 11.5 Å². The number of benzene rings is 1. The lowest BCUT2D eigenvalue weighted by atomic mass is 10.1. The van der Waals surface area contributed by atoms with Crippen LogP contribution in [0.5, 0.6) is 0 Å². The molecular formula is C15H26N3+. The number of nitrogens with zero attached hydrogens (tertiary/aromatic N) is 1. The van der Waals surface area contributed by atoms with Crippen molar-refractivity contribution in [1.29, 1.82) is 0 Å². The van der Waals surface area contributed by atoms with E-state index in [1.54, 1.807) is 0 Å². The second-order valence-corrected chi connectivity index (χ2v) is 5.91. The van der Waals surface area contributed by atoms with Gasteiger partial charge in [0, 0.05) is 24.2 Å². The van der Waals surface area contributed by atoms with Gasteiger partial charge in [0.1, 0.15) is 0 Å². The van der Waals surface area contributed by atoms with Gasteiger partial charge in [-0.2, -0.15) is 0 Å². The molecule has 1 saturated heterocycles. The first kappa shape index (κ1) is 13.2. The summed E-state index contributed by atoms with van der Waals surface area (Å²) < 4.78 is 1.28. The molecule has 18 heavy (non-hydrogen) atoms. The minimum Gasteiger partial charge on any atom is -0.399 e. The molecule has 0 spiro atoms. The molecule has 1 aliphatic rings. The Morgan fingerprint density at radius 3 is 2.50 bits per heavy atom. The van der Waals surface area contributed by atoms with Crippen LogP contribution in [0, 0.1) is 0 Å². The number of quaternary nitrogens is 1. The quantitative estimate of drug-likeness (QED) is 0.477. The molecule has 0 radical (unpaired) electrons. The van der Waals surface area contributed by atoms with E-state index < -0.39 is 0 Å². The third-order valence-electron chi connectivity index (χ3n) is 4.21. The Hall–Kier alpha value is -1.22. The number of aryl methyl sites for hydroxylation is 1. The number of unbranched alkanes of at least 4 members (excludes halogenated alkanes) is 1. The van der Waals surface area contributed by atoms with Gasteiger partial charge in [0.2, 0.25) is 0 Å². The monoisotopic (exact) mass is 248 g/mol. The maximum atomic E-state index is 5.97. The van der Waals surface area contributed by atoms with Crippen molar-refractivity contribution in [3.63, 3.8) is 0 Å². The van der Waals surface area contributed by atoms with E-state index in [9.17, 15) is 0 Å². The van der Waals surface area contributed by atoms with E-state index in [1.807, 2.05) is 12.1 Å². The van der Waals surface area contributed by atoms with Crippen molar-refractivity contribution < 1.29 is 4.48 Å². The van der Waals surface area contributed by atoms with Gasteiger partial charge >= 0.3 is 0 Å². The highest BCUT2D eigenvalue weighted by molar-refractivity contribution is 5.56. The number of nitrogen functional groups attached to an aromatic ring is 2. The molecule has 0 aromatic heterocycles. The third kappa shape index (κ3) is 3.39. The molecule has 0 aliphatic carbocycles. The van der Waals surface area contributed by atoms with Crippen LogP contribution in [0.4, 0.5) is 11.4 Å². The van der Waals surface area contributed by atoms with Crippen LogP contribution in [0.25, 0.3) is 0 Å². The molecule has 0 bridgehead atoms. The topological polar surface area (TPSA) is 52.0 Å². The van der Waals surface area contributed by atoms with E-state index in [0.717, 1.165) is 17.8 Å². The lowest BCUT2D eigenvalue weighted by molar-refractivity contribution is -0.897. The Morgan fingerprint density at radius 1 is 1.11 bits per heavy atom. The van der Waals surface area contributed by atoms with Gasteiger partial charge in [-0.1, -0.05) is 6.07 Å². The smallest absolute Gasteiger partial charge is 0.0786 e. The molecule has 0 unspecified atom stereocenters. The average Bonchev–Trinajstić information content (AvgIpc) is 2.74. The number of rotatable bonds is 5. The molecule has 0 atom stereocenters. The average molecular weight is 248 g/mol. The van der Waals surface area contributed by atoms with Crippen LogP contribution in [-0.2, 0) is 6.42 Å². The van der Waals surface area contributed by atoms with Crippen LogP contribution in [0.15, 0.2) is 18.2 Å². The molecule has 1 aromatic rings. The summed E-state index contributed by atoms with van der Waals surface area (Å²) in [6.07, 6.45) is 6.40. The predicted octanol–water partition coefficient (Wildman–Crippen LogP) is 2.41. The zero-order chi connectivity index (χ0) is 13.0. The second kappa shape index (κ2) is 5.61. The van der Waals surface area contributed by atoms with Gasteiger partial charge in [0.25, 0.3) is 0 Å². The van der Waals surface area contributed by atoms with E-state index in [-0.39, 0.29) is 0 Å². The van der Waals surface area contributed by atoms with Crippen molar-refractivity contribution in [3.05, 3.63) is 23.8 Å². The molecule has 1 aliphatic heterocycles. The summed E-state index contributed by atoms with van der Waals surface area (Å²) in [7, 11) is 2.39. The Balaban J connectivity index is 1.75. The second-order valence-electron chi connectivity index (χ2n) is 5.91. The Bertz CT molecular complexity index is 395. The van der Waals surface area contributed by atoms with Crippen LogP contribution < -0.4 is 11.5 Å². The van der Waals surface area contributed by atoms with Gasteiger partial charge in [0.05, 0.1) is 26.7 Å². The molecule has 4 N–H and O–H groups in total. The highest BCUT2D eigenvalue weighted by Gasteiger charge is 2.25. The van der Waals surface area contributed by atoms with E-state index in [1.165, 1.54) is 55.4 Å². The van der Waals surface area contributed by atoms with E-state index >= 15 is 0 Å². The van der Waals surface area contributed by atoms with Gasteiger partial charge in [-0.3, -0.25) is 0 Å². The summed E-state index contributed by atoms with van der Waals surface area (Å²) in [5.41, 5.74) is 14.5. The molecule has 1 fully saturated rings. The lowest BCUT2D eigenvalue weighted by Gasteiger charge is -2.29. The minimum atomic E-state index is 0.756. The normalized spacial score (nSPS) is 18.1. The fraction of sp³-hybridized carbons (Fsp3) is 0.600. The van der Waals surface area contributed by atoms with Crippen LogP contribution in [0.3, 0.4) is 0 Å². The summed E-state index contributed by atoms with van der Waals surface area (Å²) in [5.74, 6) is 0. The summed E-state index contributed by atoms with van der Waals surface area (Å²) >= 11 is 0. The zero-order valence-electron chi connectivity index (χ0n) is 11.5. The van der Waals surface area contributed by atoms with Crippen molar-refractivity contribution in [2.45, 2.75) is 32.1 Å². The molecular weight excluding hydrogens is 222 g/mol. The Labute approximate surface area is 110 Å². The van der Waals surface area contributed by atoms with Gasteiger partial charge in [-0.25, -0.2) is 0 Å². The maximum absolute atomic E-state index is 5.97. The first-order chi connectivity index (χ1) is 8.59. The molecule has 0 amide bonds. The van der Waals surface area contributed by atoms with E-state index in [2.05, 4.69) is 13.1 Å². The van der Waals surface area contributed by atoms with Crippen LogP contribution in [-0.4, -0.2) is 31.2 Å². The van der Waals surface area contributed by atoms with Gasteiger partial charge in [-0.15, -0.1) is 0 Å². The number of hydrogen-bond donors (Lipinski definition) is 2. The van der Waals surface area contributed by atoms with Gasteiger partial charge < -0.3 is 16.0 Å².